The minimum atomic E-state index is -0.243. The summed E-state index contributed by atoms with van der Waals surface area (Å²) in [5, 5.41) is 17.2. The molecule has 0 aliphatic rings. The lowest BCUT2D eigenvalue weighted by atomic mass is 10.2. The topological polar surface area (TPSA) is 92.8 Å². The third kappa shape index (κ3) is 4.57. The molecular weight excluding hydrogens is 406 g/mol. The number of aromatic nitrogens is 4. The fourth-order valence-electron chi connectivity index (χ4n) is 2.89. The van der Waals surface area contributed by atoms with Crippen molar-refractivity contribution in [2.75, 3.05) is 17.7 Å². The van der Waals surface area contributed by atoms with Gasteiger partial charge in [-0.15, -0.1) is 28.2 Å². The molecular formula is C20H19N5O2S2. The second kappa shape index (κ2) is 9.06. The van der Waals surface area contributed by atoms with Crippen molar-refractivity contribution >= 4 is 45.0 Å². The molecule has 4 aromatic rings. The smallest absolute Gasteiger partial charge is 0.270 e. The van der Waals surface area contributed by atoms with Gasteiger partial charge in [-0.05, 0) is 42.3 Å². The monoisotopic (exact) mass is 425 g/mol. The summed E-state index contributed by atoms with van der Waals surface area (Å²) in [6.07, 6.45) is 0.917. The number of tetrazole rings is 1. The number of aromatic amines is 1. The molecule has 7 nitrogen and oxygen atoms in total. The quantitative estimate of drug-likeness (QED) is 0.407. The van der Waals surface area contributed by atoms with E-state index >= 15 is 0 Å². The molecule has 9 heteroatoms. The Hall–Kier alpha value is -2.91. The van der Waals surface area contributed by atoms with E-state index in [0.717, 1.165) is 32.9 Å². The summed E-state index contributed by atoms with van der Waals surface area (Å²) in [4.78, 5) is 14.5. The highest BCUT2D eigenvalue weighted by molar-refractivity contribution is 7.99. The third-order valence-electron chi connectivity index (χ3n) is 4.18. The highest BCUT2D eigenvalue weighted by Crippen LogP contribution is 2.40. The van der Waals surface area contributed by atoms with Crippen LogP contribution in [0.3, 0.4) is 0 Å². The summed E-state index contributed by atoms with van der Waals surface area (Å²) in [5.74, 6) is 1.57. The van der Waals surface area contributed by atoms with E-state index < -0.39 is 0 Å². The highest BCUT2D eigenvalue weighted by Gasteiger charge is 2.20. The SMILES string of the molecule is CCOc1ccc2sc(C(=O)Nc3nn[nH]n3)c(SCCc3ccccc3)c2c1. The molecule has 4 rings (SSSR count). The molecule has 2 heterocycles. The summed E-state index contributed by atoms with van der Waals surface area (Å²) >= 11 is 3.13. The van der Waals surface area contributed by atoms with Crippen molar-refractivity contribution in [3.63, 3.8) is 0 Å². The normalized spacial score (nSPS) is 10.9. The van der Waals surface area contributed by atoms with Gasteiger partial charge in [0.2, 0.25) is 0 Å². The maximum Gasteiger partial charge on any atom is 0.270 e. The average Bonchev–Trinajstić information content (AvgIpc) is 3.37. The summed E-state index contributed by atoms with van der Waals surface area (Å²) in [5.41, 5.74) is 1.27. The van der Waals surface area contributed by atoms with E-state index in [2.05, 4.69) is 38.1 Å². The number of nitrogens with zero attached hydrogens (tertiary/aromatic N) is 3. The second-order valence-corrected chi connectivity index (χ2v) is 8.28. The fourth-order valence-corrected chi connectivity index (χ4v) is 5.32. The van der Waals surface area contributed by atoms with Crippen LogP contribution >= 0.6 is 23.1 Å². The lowest BCUT2D eigenvalue weighted by Gasteiger charge is -2.06. The molecule has 0 saturated carbocycles. The lowest BCUT2D eigenvalue weighted by molar-refractivity contribution is 0.102. The maximum absolute atomic E-state index is 12.9. The number of anilines is 1. The molecule has 0 atom stereocenters. The van der Waals surface area contributed by atoms with Crippen LogP contribution in [0.15, 0.2) is 53.4 Å². The van der Waals surface area contributed by atoms with Crippen molar-refractivity contribution in [3.05, 3.63) is 59.0 Å². The molecule has 0 fully saturated rings. The highest BCUT2D eigenvalue weighted by atomic mass is 32.2. The first kappa shape index (κ1) is 19.4. The van der Waals surface area contributed by atoms with Crippen LogP contribution in [-0.4, -0.2) is 38.9 Å². The minimum absolute atomic E-state index is 0.155. The number of carbonyl (C=O) groups excluding carboxylic acids is 1. The molecule has 0 saturated heterocycles. The van der Waals surface area contributed by atoms with Crippen molar-refractivity contribution < 1.29 is 9.53 Å². The first-order valence-electron chi connectivity index (χ1n) is 9.15. The zero-order chi connectivity index (χ0) is 20.1. The Labute approximate surface area is 175 Å². The lowest BCUT2D eigenvalue weighted by Crippen LogP contribution is -2.12. The number of benzene rings is 2. The Morgan fingerprint density at radius 1 is 1.24 bits per heavy atom. The number of nitrogens with one attached hydrogen (secondary N) is 2. The molecule has 0 aliphatic carbocycles. The average molecular weight is 426 g/mol. The molecule has 0 bridgehead atoms. The van der Waals surface area contributed by atoms with E-state index in [1.807, 2.05) is 43.3 Å². The van der Waals surface area contributed by atoms with E-state index in [1.54, 1.807) is 11.8 Å². The summed E-state index contributed by atoms with van der Waals surface area (Å²) < 4.78 is 6.70. The van der Waals surface area contributed by atoms with Crippen LogP contribution in [0, 0.1) is 0 Å². The zero-order valence-corrected chi connectivity index (χ0v) is 17.3. The van der Waals surface area contributed by atoms with Crippen LogP contribution in [0.5, 0.6) is 5.75 Å². The Balaban J connectivity index is 1.63. The van der Waals surface area contributed by atoms with E-state index in [9.17, 15) is 4.79 Å². The molecule has 0 radical (unpaired) electrons. The molecule has 0 aliphatic heterocycles. The summed E-state index contributed by atoms with van der Waals surface area (Å²) in [7, 11) is 0. The largest absolute Gasteiger partial charge is 0.494 e. The van der Waals surface area contributed by atoms with Crippen molar-refractivity contribution in [2.24, 2.45) is 0 Å². The van der Waals surface area contributed by atoms with E-state index in [0.29, 0.717) is 11.5 Å². The van der Waals surface area contributed by atoms with Gasteiger partial charge in [-0.2, -0.15) is 5.21 Å². The predicted octanol–water partition coefficient (Wildman–Crippen LogP) is 4.40. The number of rotatable bonds is 8. The maximum atomic E-state index is 12.9. The Kier molecular flexibility index (Phi) is 6.06. The number of ether oxygens (including phenoxy) is 1. The van der Waals surface area contributed by atoms with Crippen molar-refractivity contribution in [3.8, 4) is 5.75 Å². The van der Waals surface area contributed by atoms with Crippen molar-refractivity contribution in [1.29, 1.82) is 0 Å². The van der Waals surface area contributed by atoms with Crippen molar-refractivity contribution in [2.45, 2.75) is 18.2 Å². The fraction of sp³-hybridized carbons (Fsp3) is 0.200. The van der Waals surface area contributed by atoms with Gasteiger partial charge in [0, 0.05) is 20.7 Å². The standard InChI is InChI=1S/C20H19N5O2S2/c1-2-27-14-8-9-16-15(12-14)17(28-11-10-13-6-4-3-5-7-13)18(29-16)19(26)21-20-22-24-25-23-20/h3-9,12H,2,10-11H2,1H3,(H2,21,22,23,24,25,26). The van der Waals surface area contributed by atoms with Gasteiger partial charge in [0.05, 0.1) is 6.61 Å². The predicted molar refractivity (Wildman–Crippen MR) is 116 cm³/mol. The van der Waals surface area contributed by atoms with Crippen LogP contribution in [0.1, 0.15) is 22.2 Å². The van der Waals surface area contributed by atoms with Gasteiger partial charge >= 0.3 is 0 Å². The van der Waals surface area contributed by atoms with Gasteiger partial charge in [0.1, 0.15) is 10.6 Å². The number of thiophene rings is 1. The summed E-state index contributed by atoms with van der Waals surface area (Å²) in [6, 6.07) is 16.3. The number of thioether (sulfide) groups is 1. The molecule has 1 amide bonds. The number of fused-ring (bicyclic) bond motifs is 1. The van der Waals surface area contributed by atoms with Crippen LogP contribution in [-0.2, 0) is 6.42 Å². The van der Waals surface area contributed by atoms with Gasteiger partial charge < -0.3 is 4.74 Å². The number of hydrogen-bond donors (Lipinski definition) is 2. The van der Waals surface area contributed by atoms with Gasteiger partial charge in [0.25, 0.3) is 11.9 Å². The minimum Gasteiger partial charge on any atom is -0.494 e. The zero-order valence-electron chi connectivity index (χ0n) is 15.7. The Morgan fingerprint density at radius 3 is 2.86 bits per heavy atom. The molecule has 0 unspecified atom stereocenters. The van der Waals surface area contributed by atoms with E-state index in [-0.39, 0.29) is 11.9 Å². The van der Waals surface area contributed by atoms with Crippen LogP contribution in [0.4, 0.5) is 5.95 Å². The molecule has 2 aromatic heterocycles. The number of hydrogen-bond acceptors (Lipinski definition) is 7. The van der Waals surface area contributed by atoms with E-state index in [1.165, 1.54) is 16.9 Å². The van der Waals surface area contributed by atoms with Gasteiger partial charge in [0.15, 0.2) is 0 Å². The number of carbonyl (C=O) groups is 1. The molecule has 2 N–H and O–H groups in total. The van der Waals surface area contributed by atoms with Gasteiger partial charge in [-0.3, -0.25) is 10.1 Å². The first-order valence-corrected chi connectivity index (χ1v) is 11.0. The second-order valence-electron chi connectivity index (χ2n) is 6.12. The van der Waals surface area contributed by atoms with Gasteiger partial charge in [-0.25, -0.2) is 0 Å². The van der Waals surface area contributed by atoms with Crippen LogP contribution in [0.2, 0.25) is 0 Å². The van der Waals surface area contributed by atoms with Crippen molar-refractivity contribution in [1.82, 2.24) is 20.6 Å². The Morgan fingerprint density at radius 2 is 2.10 bits per heavy atom. The molecule has 0 spiro atoms. The molecule has 29 heavy (non-hydrogen) atoms. The van der Waals surface area contributed by atoms with Crippen LogP contribution in [0.25, 0.3) is 10.1 Å². The van der Waals surface area contributed by atoms with Crippen LogP contribution < -0.4 is 10.1 Å². The third-order valence-corrected chi connectivity index (χ3v) is 6.60. The first-order chi connectivity index (χ1) is 14.2. The van der Waals surface area contributed by atoms with E-state index in [4.69, 9.17) is 4.74 Å². The molecule has 2 aromatic carbocycles. The number of aryl methyl sites for hydroxylation is 1. The Bertz CT molecular complexity index is 1100. The number of H-pyrrole nitrogens is 1. The summed E-state index contributed by atoms with van der Waals surface area (Å²) in [6.45, 7) is 2.55. The van der Waals surface area contributed by atoms with Gasteiger partial charge in [-0.1, -0.05) is 35.4 Å². The number of amides is 1. The molecule has 148 valence electrons.